The lowest BCUT2D eigenvalue weighted by Gasteiger charge is -2.34. The molecule has 0 aromatic carbocycles. The number of alkyl halides is 3. The van der Waals surface area contributed by atoms with Gasteiger partial charge in [-0.2, -0.15) is 18.4 Å². The van der Waals surface area contributed by atoms with Gasteiger partial charge in [0, 0.05) is 37.9 Å². The van der Waals surface area contributed by atoms with Crippen LogP contribution in [0.2, 0.25) is 0 Å². The molecule has 2 aromatic rings. The number of nitrogens with two attached hydrogens (primary N) is 1. The average Bonchev–Trinajstić information content (AvgIpc) is 3.19. The summed E-state index contributed by atoms with van der Waals surface area (Å²) in [5.74, 6) is -0.426. The number of anilines is 2. The third kappa shape index (κ3) is 4.98. The summed E-state index contributed by atoms with van der Waals surface area (Å²) in [4.78, 5) is 20.3. The molecular weight excluding hydrogens is 441 g/mol. The predicted octanol–water partition coefficient (Wildman–Crippen LogP) is 4.17. The SMILES string of the molecule is COCC1(CN(C)c2cc(-c3cnc(C#N)c(C(F)(F)F)c3)nc(N)c2[N+](=O)[O-])CCCC1. The van der Waals surface area contributed by atoms with Crippen molar-refractivity contribution in [2.45, 2.75) is 31.9 Å². The molecule has 1 aliphatic carbocycles. The monoisotopic (exact) mass is 464 g/mol. The largest absolute Gasteiger partial charge is 0.419 e. The minimum atomic E-state index is -4.81. The van der Waals surface area contributed by atoms with Crippen molar-refractivity contribution in [2.24, 2.45) is 5.41 Å². The van der Waals surface area contributed by atoms with Gasteiger partial charge in [0.25, 0.3) is 0 Å². The van der Waals surface area contributed by atoms with Crippen LogP contribution >= 0.6 is 0 Å². The first-order valence-electron chi connectivity index (χ1n) is 10.1. The van der Waals surface area contributed by atoms with E-state index in [1.807, 2.05) is 0 Å². The summed E-state index contributed by atoms with van der Waals surface area (Å²) < 4.78 is 45.5. The molecule has 1 fully saturated rings. The van der Waals surface area contributed by atoms with Crippen LogP contribution in [0.15, 0.2) is 18.3 Å². The number of halogens is 3. The van der Waals surface area contributed by atoms with E-state index in [0.29, 0.717) is 13.2 Å². The van der Waals surface area contributed by atoms with Gasteiger partial charge < -0.3 is 15.4 Å². The van der Waals surface area contributed by atoms with Gasteiger partial charge >= 0.3 is 11.9 Å². The lowest BCUT2D eigenvalue weighted by molar-refractivity contribution is -0.383. The van der Waals surface area contributed by atoms with Gasteiger partial charge in [0.15, 0.2) is 5.69 Å². The number of nitro groups is 1. The van der Waals surface area contributed by atoms with Crippen LogP contribution in [-0.4, -0.2) is 42.2 Å². The molecule has 2 heterocycles. The molecule has 33 heavy (non-hydrogen) atoms. The minimum Gasteiger partial charge on any atom is -0.384 e. The van der Waals surface area contributed by atoms with E-state index in [0.717, 1.165) is 37.9 Å². The second kappa shape index (κ2) is 9.19. The van der Waals surface area contributed by atoms with Gasteiger partial charge in [0.1, 0.15) is 11.8 Å². The number of rotatable bonds is 7. The van der Waals surface area contributed by atoms with Crippen molar-refractivity contribution < 1.29 is 22.8 Å². The highest BCUT2D eigenvalue weighted by Gasteiger charge is 2.38. The molecule has 0 atom stereocenters. The molecular formula is C21H23F3N6O3. The van der Waals surface area contributed by atoms with Crippen molar-refractivity contribution in [3.8, 4) is 17.3 Å². The van der Waals surface area contributed by atoms with Gasteiger partial charge in [-0.1, -0.05) is 12.8 Å². The van der Waals surface area contributed by atoms with E-state index < -0.39 is 33.9 Å². The number of methoxy groups -OCH3 is 1. The summed E-state index contributed by atoms with van der Waals surface area (Å²) >= 11 is 0. The summed E-state index contributed by atoms with van der Waals surface area (Å²) in [5.41, 5.74) is 3.30. The molecule has 3 rings (SSSR count). The van der Waals surface area contributed by atoms with Crippen LogP contribution in [0.1, 0.15) is 36.9 Å². The Morgan fingerprint density at radius 3 is 2.58 bits per heavy atom. The molecule has 0 aliphatic heterocycles. The van der Waals surface area contributed by atoms with Crippen LogP contribution in [0.25, 0.3) is 11.3 Å². The highest BCUT2D eigenvalue weighted by molar-refractivity contribution is 5.79. The van der Waals surface area contributed by atoms with Gasteiger partial charge in [-0.3, -0.25) is 10.1 Å². The molecule has 0 radical (unpaired) electrons. The maximum Gasteiger partial charge on any atom is 0.419 e. The van der Waals surface area contributed by atoms with E-state index in [-0.39, 0.29) is 22.4 Å². The van der Waals surface area contributed by atoms with Gasteiger partial charge in [-0.25, -0.2) is 9.97 Å². The fourth-order valence-electron chi connectivity index (χ4n) is 4.45. The summed E-state index contributed by atoms with van der Waals surface area (Å²) in [6.45, 7) is 0.914. The van der Waals surface area contributed by atoms with Crippen LogP contribution in [0.4, 0.5) is 30.4 Å². The number of nitriles is 1. The predicted molar refractivity (Wildman–Crippen MR) is 114 cm³/mol. The molecule has 0 bridgehead atoms. The maximum absolute atomic E-state index is 13.4. The molecule has 176 valence electrons. The minimum absolute atomic E-state index is 0.0188. The van der Waals surface area contributed by atoms with Crippen LogP contribution in [0, 0.1) is 26.9 Å². The summed E-state index contributed by atoms with van der Waals surface area (Å²) in [5, 5.41) is 20.7. The summed E-state index contributed by atoms with van der Waals surface area (Å²) in [6.07, 6.45) is 0.0612. The van der Waals surface area contributed by atoms with E-state index in [1.54, 1.807) is 19.1 Å². The van der Waals surface area contributed by atoms with Crippen molar-refractivity contribution in [2.75, 3.05) is 37.9 Å². The molecule has 0 unspecified atom stereocenters. The quantitative estimate of drug-likeness (QED) is 0.477. The second-order valence-corrected chi connectivity index (χ2v) is 8.24. The van der Waals surface area contributed by atoms with Gasteiger partial charge in [-0.05, 0) is 25.0 Å². The zero-order chi connectivity index (χ0) is 24.4. The normalized spacial score (nSPS) is 15.3. The number of nitrogen functional groups attached to an aromatic ring is 1. The second-order valence-electron chi connectivity index (χ2n) is 8.24. The fraction of sp³-hybridized carbons (Fsp3) is 0.476. The Bertz CT molecular complexity index is 1090. The van der Waals surface area contributed by atoms with Crippen LogP contribution in [-0.2, 0) is 10.9 Å². The lowest BCUT2D eigenvalue weighted by Crippen LogP contribution is -2.37. The smallest absolute Gasteiger partial charge is 0.384 e. The Hall–Kier alpha value is -3.46. The van der Waals surface area contributed by atoms with Crippen LogP contribution in [0.5, 0.6) is 0 Å². The first-order valence-corrected chi connectivity index (χ1v) is 10.1. The first-order chi connectivity index (χ1) is 15.5. The van der Waals surface area contributed by atoms with E-state index in [4.69, 9.17) is 15.7 Å². The number of hydrogen-bond acceptors (Lipinski definition) is 8. The van der Waals surface area contributed by atoms with Gasteiger partial charge in [0.05, 0.1) is 22.8 Å². The molecule has 2 aromatic heterocycles. The standard InChI is InChI=1S/C21H23F3N6O3/c1-29(11-20(12-33-2)5-3-4-6-20)17-8-15(28-19(26)18(17)30(31)32)13-7-14(21(22,23)24)16(9-25)27-10-13/h7-8,10H,3-6,11-12H2,1-2H3,(H2,26,28). The van der Waals surface area contributed by atoms with Crippen molar-refractivity contribution in [3.63, 3.8) is 0 Å². The molecule has 2 N–H and O–H groups in total. The van der Waals surface area contributed by atoms with E-state index in [2.05, 4.69) is 9.97 Å². The molecule has 12 heteroatoms. The number of hydrogen-bond donors (Lipinski definition) is 1. The zero-order valence-corrected chi connectivity index (χ0v) is 18.1. The third-order valence-corrected chi connectivity index (χ3v) is 5.88. The van der Waals surface area contributed by atoms with Crippen LogP contribution < -0.4 is 10.6 Å². The van der Waals surface area contributed by atoms with Crippen molar-refractivity contribution in [1.29, 1.82) is 5.26 Å². The molecule has 0 spiro atoms. The van der Waals surface area contributed by atoms with Crippen molar-refractivity contribution in [1.82, 2.24) is 9.97 Å². The molecule has 0 saturated heterocycles. The van der Waals surface area contributed by atoms with E-state index in [9.17, 15) is 23.3 Å². The van der Waals surface area contributed by atoms with Crippen molar-refractivity contribution in [3.05, 3.63) is 39.7 Å². The third-order valence-electron chi connectivity index (χ3n) is 5.88. The fourth-order valence-corrected chi connectivity index (χ4v) is 4.45. The highest BCUT2D eigenvalue weighted by atomic mass is 19.4. The Kier molecular flexibility index (Phi) is 6.73. The van der Waals surface area contributed by atoms with Gasteiger partial charge in [0.2, 0.25) is 5.82 Å². The van der Waals surface area contributed by atoms with Crippen molar-refractivity contribution >= 4 is 17.2 Å². The number of pyridine rings is 2. The first kappa shape index (κ1) is 24.2. The summed E-state index contributed by atoms with van der Waals surface area (Å²) in [7, 11) is 3.26. The Morgan fingerprint density at radius 1 is 1.36 bits per heavy atom. The van der Waals surface area contributed by atoms with Crippen LogP contribution in [0.3, 0.4) is 0 Å². The average molecular weight is 464 g/mol. The number of ether oxygens (including phenoxy) is 1. The van der Waals surface area contributed by atoms with E-state index in [1.165, 1.54) is 12.1 Å². The lowest BCUT2D eigenvalue weighted by atomic mass is 9.86. The molecule has 1 aliphatic rings. The Labute approximate surface area is 188 Å². The highest BCUT2D eigenvalue weighted by Crippen LogP contribution is 2.43. The van der Waals surface area contributed by atoms with E-state index >= 15 is 0 Å². The Morgan fingerprint density at radius 2 is 2.03 bits per heavy atom. The topological polar surface area (TPSA) is 131 Å². The molecule has 9 nitrogen and oxygen atoms in total. The number of aromatic nitrogens is 2. The Balaban J connectivity index is 2.10. The summed E-state index contributed by atoms with van der Waals surface area (Å²) in [6, 6.07) is 3.49. The molecule has 1 saturated carbocycles. The molecule has 0 amide bonds. The number of nitrogens with zero attached hydrogens (tertiary/aromatic N) is 5. The maximum atomic E-state index is 13.4. The van der Waals surface area contributed by atoms with Gasteiger partial charge in [-0.15, -0.1) is 0 Å². The zero-order valence-electron chi connectivity index (χ0n) is 18.1.